The zero-order valence-corrected chi connectivity index (χ0v) is 17.6. The molecule has 1 atom stereocenters. The van der Waals surface area contributed by atoms with Crippen molar-refractivity contribution in [2.75, 3.05) is 6.54 Å². The lowest BCUT2D eigenvalue weighted by atomic mass is 10.0. The summed E-state index contributed by atoms with van der Waals surface area (Å²) in [5.74, 6) is -0.567. The van der Waals surface area contributed by atoms with Gasteiger partial charge in [-0.1, -0.05) is 64.2 Å². The molecular formula is C22H41N2O4. The minimum Gasteiger partial charge on any atom is -0.481 e. The molecule has 0 fully saturated rings. The van der Waals surface area contributed by atoms with Crippen LogP contribution in [0.25, 0.3) is 0 Å². The lowest BCUT2D eigenvalue weighted by molar-refractivity contribution is -0.137. The largest absolute Gasteiger partial charge is 0.481 e. The van der Waals surface area contributed by atoms with Crippen LogP contribution < -0.4 is 11.1 Å². The molecule has 0 saturated heterocycles. The smallest absolute Gasteiger partial charge is 0.303 e. The topological polar surface area (TPSA) is 109 Å². The van der Waals surface area contributed by atoms with Crippen molar-refractivity contribution in [3.8, 4) is 0 Å². The van der Waals surface area contributed by atoms with Crippen LogP contribution in [-0.4, -0.2) is 35.9 Å². The number of carbonyl (C=O) groups is 2. The van der Waals surface area contributed by atoms with E-state index < -0.39 is 12.0 Å². The predicted molar refractivity (Wildman–Crippen MR) is 113 cm³/mol. The molecule has 0 aromatic rings. The minimum absolute atomic E-state index is 0.120. The quantitative estimate of drug-likeness (QED) is 0.251. The molecule has 6 nitrogen and oxygen atoms in total. The summed E-state index contributed by atoms with van der Waals surface area (Å²) < 4.78 is 0. The second-order valence-electron chi connectivity index (χ2n) is 7.71. The summed E-state index contributed by atoms with van der Waals surface area (Å²) in [5.41, 5.74) is 5.46. The number of aliphatic carboxylic acids is 1. The molecule has 0 saturated carbocycles. The molecule has 0 unspecified atom stereocenters. The van der Waals surface area contributed by atoms with Crippen molar-refractivity contribution in [1.29, 1.82) is 0 Å². The Morgan fingerprint density at radius 3 is 1.68 bits per heavy atom. The Balaban J connectivity index is 3.19. The molecule has 0 heterocycles. The Kier molecular flexibility index (Phi) is 19.3. The number of carboxylic acids is 1. The van der Waals surface area contributed by atoms with Gasteiger partial charge < -0.3 is 16.2 Å². The summed E-state index contributed by atoms with van der Waals surface area (Å²) in [6.45, 7) is 0.657. The summed E-state index contributed by atoms with van der Waals surface area (Å²) in [6, 6.07) is -0.494. The number of nitrogens with one attached hydrogen (secondary N) is 1. The zero-order valence-electron chi connectivity index (χ0n) is 17.6. The lowest BCUT2D eigenvalue weighted by Gasteiger charge is -2.06. The molecule has 1 amide bonds. The molecule has 1 radical (unpaired) electrons. The molecule has 0 aliphatic carbocycles. The second-order valence-corrected chi connectivity index (χ2v) is 7.71. The number of rotatable bonds is 21. The Hall–Kier alpha value is -1.43. The fraction of sp³-hybridized carbons (Fsp3) is 0.864. The monoisotopic (exact) mass is 397 g/mol. The third-order valence-corrected chi connectivity index (χ3v) is 4.96. The first-order chi connectivity index (χ1) is 13.6. The highest BCUT2D eigenvalue weighted by Crippen LogP contribution is 2.13. The van der Waals surface area contributed by atoms with Crippen molar-refractivity contribution in [3.63, 3.8) is 0 Å². The van der Waals surface area contributed by atoms with E-state index in [-0.39, 0.29) is 5.91 Å². The number of carbonyl (C=O) groups excluding carboxylic acids is 2. The number of hydrogen-bond acceptors (Lipinski definition) is 4. The van der Waals surface area contributed by atoms with Gasteiger partial charge in [0.1, 0.15) is 0 Å². The van der Waals surface area contributed by atoms with Crippen LogP contribution in [0.2, 0.25) is 0 Å². The molecule has 0 aliphatic rings. The van der Waals surface area contributed by atoms with Gasteiger partial charge >= 0.3 is 5.97 Å². The van der Waals surface area contributed by atoms with E-state index in [4.69, 9.17) is 10.8 Å². The van der Waals surface area contributed by atoms with Crippen LogP contribution in [0.3, 0.4) is 0 Å². The van der Waals surface area contributed by atoms with Crippen molar-refractivity contribution >= 4 is 18.2 Å². The molecule has 6 heteroatoms. The molecule has 0 spiro atoms. The predicted octanol–water partition coefficient (Wildman–Crippen LogP) is 4.26. The number of nitrogens with two attached hydrogens (primary N) is 1. The molecule has 0 bridgehead atoms. The molecule has 0 aromatic heterocycles. The van der Waals surface area contributed by atoms with Crippen LogP contribution in [0, 0.1) is 0 Å². The van der Waals surface area contributed by atoms with E-state index in [0.717, 1.165) is 44.9 Å². The highest BCUT2D eigenvalue weighted by atomic mass is 16.4. The van der Waals surface area contributed by atoms with Gasteiger partial charge in [0, 0.05) is 19.4 Å². The van der Waals surface area contributed by atoms with Crippen LogP contribution in [0.15, 0.2) is 0 Å². The number of hydrogen-bond donors (Lipinski definition) is 3. The maximum absolute atomic E-state index is 11.7. The van der Waals surface area contributed by atoms with Crippen LogP contribution in [0.4, 0.5) is 0 Å². The SMILES string of the molecule is N[C@H]([C]=O)CCCCNC(=O)CCCCCCCCCCCCCCC(=O)O. The van der Waals surface area contributed by atoms with E-state index in [1.165, 1.54) is 44.9 Å². The van der Waals surface area contributed by atoms with Crippen LogP contribution >= 0.6 is 0 Å². The van der Waals surface area contributed by atoms with Crippen molar-refractivity contribution < 1.29 is 19.5 Å². The van der Waals surface area contributed by atoms with Gasteiger partial charge in [-0.15, -0.1) is 0 Å². The van der Waals surface area contributed by atoms with E-state index >= 15 is 0 Å². The molecule has 4 N–H and O–H groups in total. The van der Waals surface area contributed by atoms with Gasteiger partial charge in [0.25, 0.3) is 0 Å². The normalized spacial score (nSPS) is 11.9. The number of carboxylic acid groups (broad SMARTS) is 1. The average Bonchev–Trinajstić information content (AvgIpc) is 2.67. The zero-order chi connectivity index (χ0) is 20.9. The average molecular weight is 398 g/mol. The summed E-state index contributed by atoms with van der Waals surface area (Å²) in [4.78, 5) is 32.4. The molecule has 0 aromatic carbocycles. The van der Waals surface area contributed by atoms with Gasteiger partial charge in [-0.05, 0) is 32.1 Å². The van der Waals surface area contributed by atoms with E-state index in [1.54, 1.807) is 6.29 Å². The van der Waals surface area contributed by atoms with E-state index in [9.17, 15) is 14.4 Å². The fourth-order valence-corrected chi connectivity index (χ4v) is 3.19. The summed E-state index contributed by atoms with van der Waals surface area (Å²) in [6.07, 6.45) is 18.8. The molecule has 0 aliphatic heterocycles. The van der Waals surface area contributed by atoms with Gasteiger partial charge in [0.15, 0.2) is 0 Å². The first-order valence-corrected chi connectivity index (χ1v) is 11.2. The summed E-state index contributed by atoms with van der Waals surface area (Å²) in [5, 5.41) is 11.5. The van der Waals surface area contributed by atoms with Crippen LogP contribution in [-0.2, 0) is 14.4 Å². The third-order valence-electron chi connectivity index (χ3n) is 4.96. The van der Waals surface area contributed by atoms with Crippen molar-refractivity contribution in [3.05, 3.63) is 0 Å². The van der Waals surface area contributed by atoms with Crippen molar-refractivity contribution in [2.24, 2.45) is 5.73 Å². The maximum atomic E-state index is 11.7. The fourth-order valence-electron chi connectivity index (χ4n) is 3.19. The molecule has 28 heavy (non-hydrogen) atoms. The number of amides is 1. The highest BCUT2D eigenvalue weighted by Gasteiger charge is 2.03. The Bertz CT molecular complexity index is 402. The summed E-state index contributed by atoms with van der Waals surface area (Å²) >= 11 is 0. The highest BCUT2D eigenvalue weighted by molar-refractivity contribution is 5.75. The Morgan fingerprint density at radius 1 is 0.750 bits per heavy atom. The van der Waals surface area contributed by atoms with Crippen LogP contribution in [0.1, 0.15) is 109 Å². The summed E-state index contributed by atoms with van der Waals surface area (Å²) in [7, 11) is 0. The third kappa shape index (κ3) is 20.9. The van der Waals surface area contributed by atoms with E-state index in [2.05, 4.69) is 5.32 Å². The first-order valence-electron chi connectivity index (χ1n) is 11.2. The number of unbranched alkanes of at least 4 members (excludes halogenated alkanes) is 12. The van der Waals surface area contributed by atoms with Gasteiger partial charge in [-0.2, -0.15) is 0 Å². The van der Waals surface area contributed by atoms with Gasteiger partial charge in [-0.3, -0.25) is 14.4 Å². The van der Waals surface area contributed by atoms with Crippen molar-refractivity contribution in [1.82, 2.24) is 5.32 Å². The standard InChI is InChI=1S/C22H41N2O4/c23-20(19-25)15-13-14-18-24-21(26)16-11-9-7-5-3-1-2-4-6-8-10-12-17-22(27)28/h20H,1-18,23H2,(H,24,26)(H,27,28)/t20-/m0/s1. The van der Waals surface area contributed by atoms with E-state index in [0.29, 0.717) is 25.8 Å². The Labute approximate surface area is 171 Å². The van der Waals surface area contributed by atoms with Crippen LogP contribution in [0.5, 0.6) is 0 Å². The van der Waals surface area contributed by atoms with Gasteiger partial charge in [0.05, 0.1) is 6.04 Å². The minimum atomic E-state index is -0.687. The molecule has 163 valence electrons. The molecular weight excluding hydrogens is 356 g/mol. The van der Waals surface area contributed by atoms with Gasteiger partial charge in [0.2, 0.25) is 12.2 Å². The van der Waals surface area contributed by atoms with Crippen molar-refractivity contribution in [2.45, 2.75) is 115 Å². The van der Waals surface area contributed by atoms with Gasteiger partial charge in [-0.25, -0.2) is 0 Å². The second kappa shape index (κ2) is 20.3. The molecule has 0 rings (SSSR count). The maximum Gasteiger partial charge on any atom is 0.303 e. The first kappa shape index (κ1) is 26.6. The Morgan fingerprint density at radius 2 is 1.21 bits per heavy atom. The van der Waals surface area contributed by atoms with E-state index in [1.807, 2.05) is 0 Å². The lowest BCUT2D eigenvalue weighted by Crippen LogP contribution is -2.25.